The molecule has 1 aromatic rings. The second-order valence-corrected chi connectivity index (χ2v) is 4.17. The number of amides is 3. The van der Waals surface area contributed by atoms with Crippen LogP contribution < -0.4 is 16.0 Å². The molecule has 0 radical (unpaired) electrons. The summed E-state index contributed by atoms with van der Waals surface area (Å²) in [5.41, 5.74) is 0.147. The summed E-state index contributed by atoms with van der Waals surface area (Å²) in [5, 5.41) is 16.3. The molecule has 0 saturated heterocycles. The number of anilines is 1. The maximum absolute atomic E-state index is 11.5. The first-order valence-corrected chi connectivity index (χ1v) is 6.16. The van der Waals surface area contributed by atoms with Crippen molar-refractivity contribution in [3.8, 4) is 0 Å². The number of aromatic carboxylic acids is 1. The number of carboxylic acids is 1. The van der Waals surface area contributed by atoms with Gasteiger partial charge in [-0.15, -0.1) is 0 Å². The Balaban J connectivity index is 2.63. The van der Waals surface area contributed by atoms with Crippen molar-refractivity contribution in [3.63, 3.8) is 0 Å². The Labute approximate surface area is 120 Å². The van der Waals surface area contributed by atoms with E-state index in [1.165, 1.54) is 18.2 Å². The number of carbonyl (C=O) groups is 3. The lowest BCUT2D eigenvalue weighted by molar-refractivity contribution is -0.119. The van der Waals surface area contributed by atoms with Gasteiger partial charge in [-0.3, -0.25) is 4.79 Å². The monoisotopic (exact) mass is 299 g/mol. The number of carboxylic acid groups (broad SMARTS) is 1. The predicted molar refractivity (Wildman–Crippen MR) is 74.1 cm³/mol. The Morgan fingerprint density at radius 2 is 1.95 bits per heavy atom. The van der Waals surface area contributed by atoms with Crippen molar-refractivity contribution < 1.29 is 19.5 Å². The van der Waals surface area contributed by atoms with Crippen molar-refractivity contribution in [2.24, 2.45) is 0 Å². The molecule has 0 unspecified atom stereocenters. The van der Waals surface area contributed by atoms with E-state index >= 15 is 0 Å². The van der Waals surface area contributed by atoms with Crippen LogP contribution in [0.4, 0.5) is 10.5 Å². The fraction of sp³-hybridized carbons (Fsp3) is 0.250. The number of hydrogen-bond acceptors (Lipinski definition) is 3. The lowest BCUT2D eigenvalue weighted by Crippen LogP contribution is -2.38. The topological polar surface area (TPSA) is 108 Å². The zero-order valence-corrected chi connectivity index (χ0v) is 11.5. The summed E-state index contributed by atoms with van der Waals surface area (Å²) >= 11 is 5.84. The van der Waals surface area contributed by atoms with E-state index in [9.17, 15) is 14.4 Å². The van der Waals surface area contributed by atoms with Gasteiger partial charge >= 0.3 is 12.0 Å². The Bertz CT molecular complexity index is 533. The molecule has 20 heavy (non-hydrogen) atoms. The molecule has 0 saturated carbocycles. The molecular formula is C12H14ClN3O4. The van der Waals surface area contributed by atoms with E-state index in [1.54, 1.807) is 6.92 Å². The molecule has 0 aliphatic rings. The second-order valence-electron chi connectivity index (χ2n) is 3.76. The lowest BCUT2D eigenvalue weighted by atomic mass is 10.2. The first kappa shape index (κ1) is 15.8. The average Bonchev–Trinajstić information content (AvgIpc) is 2.39. The van der Waals surface area contributed by atoms with Crippen LogP contribution in [0.5, 0.6) is 0 Å². The van der Waals surface area contributed by atoms with Crippen LogP contribution in [0, 0.1) is 0 Å². The Morgan fingerprint density at radius 1 is 1.25 bits per heavy atom. The van der Waals surface area contributed by atoms with Crippen LogP contribution in [0.2, 0.25) is 5.02 Å². The summed E-state index contributed by atoms with van der Waals surface area (Å²) in [6.45, 7) is 2.04. The van der Waals surface area contributed by atoms with Crippen LogP contribution in [0.3, 0.4) is 0 Å². The van der Waals surface area contributed by atoms with Crippen molar-refractivity contribution >= 4 is 35.2 Å². The number of benzene rings is 1. The number of likely N-dealkylation sites (N-methyl/N-ethyl adjacent to an activating group) is 1. The zero-order valence-electron chi connectivity index (χ0n) is 10.7. The van der Waals surface area contributed by atoms with E-state index in [2.05, 4.69) is 16.0 Å². The molecular weight excluding hydrogens is 286 g/mol. The number of rotatable bonds is 5. The maximum Gasteiger partial charge on any atom is 0.335 e. The number of urea groups is 1. The maximum atomic E-state index is 11.5. The van der Waals surface area contributed by atoms with Gasteiger partial charge in [0, 0.05) is 6.54 Å². The summed E-state index contributed by atoms with van der Waals surface area (Å²) in [7, 11) is 0. The van der Waals surface area contributed by atoms with E-state index in [-0.39, 0.29) is 28.7 Å². The van der Waals surface area contributed by atoms with Gasteiger partial charge in [0.15, 0.2) is 0 Å². The predicted octanol–water partition coefficient (Wildman–Crippen LogP) is 1.30. The molecule has 0 spiro atoms. The number of halogens is 1. The van der Waals surface area contributed by atoms with Gasteiger partial charge in [-0.2, -0.15) is 0 Å². The molecule has 0 bridgehead atoms. The van der Waals surface area contributed by atoms with Crippen LogP contribution in [0.25, 0.3) is 0 Å². The quantitative estimate of drug-likeness (QED) is 0.657. The third-order valence-corrected chi connectivity index (χ3v) is 2.57. The molecule has 0 fully saturated rings. The normalized spacial score (nSPS) is 9.70. The summed E-state index contributed by atoms with van der Waals surface area (Å²) in [6.07, 6.45) is 0. The Hall–Kier alpha value is -2.28. The van der Waals surface area contributed by atoms with E-state index in [4.69, 9.17) is 16.7 Å². The molecule has 4 N–H and O–H groups in total. The molecule has 7 nitrogen and oxygen atoms in total. The van der Waals surface area contributed by atoms with Crippen LogP contribution in [0.1, 0.15) is 17.3 Å². The van der Waals surface area contributed by atoms with Gasteiger partial charge in [0.25, 0.3) is 0 Å². The standard InChI is InChI=1S/C12H14ClN3O4/c1-2-14-10(17)6-15-12(20)16-9-5-7(11(18)19)3-4-8(9)13/h3-5H,2,6H2,1H3,(H,14,17)(H,18,19)(H2,15,16,20). The van der Waals surface area contributed by atoms with Crippen LogP contribution >= 0.6 is 11.6 Å². The highest BCUT2D eigenvalue weighted by Crippen LogP contribution is 2.22. The van der Waals surface area contributed by atoms with E-state index in [1.807, 2.05) is 0 Å². The molecule has 0 atom stereocenters. The summed E-state index contributed by atoms with van der Waals surface area (Å²) in [4.78, 5) is 33.5. The van der Waals surface area contributed by atoms with Crippen molar-refractivity contribution in [2.75, 3.05) is 18.4 Å². The number of carbonyl (C=O) groups excluding carboxylic acids is 2. The summed E-state index contributed by atoms with van der Waals surface area (Å²) in [6, 6.07) is 3.27. The fourth-order valence-electron chi connectivity index (χ4n) is 1.34. The van der Waals surface area contributed by atoms with Gasteiger partial charge < -0.3 is 21.1 Å². The third-order valence-electron chi connectivity index (χ3n) is 2.24. The van der Waals surface area contributed by atoms with Crippen molar-refractivity contribution in [3.05, 3.63) is 28.8 Å². The number of hydrogen-bond donors (Lipinski definition) is 4. The molecule has 108 valence electrons. The summed E-state index contributed by atoms with van der Waals surface area (Å²) in [5.74, 6) is -1.46. The minimum Gasteiger partial charge on any atom is -0.478 e. The van der Waals surface area contributed by atoms with Gasteiger partial charge in [-0.05, 0) is 25.1 Å². The van der Waals surface area contributed by atoms with Gasteiger partial charge in [0.1, 0.15) is 0 Å². The van der Waals surface area contributed by atoms with Gasteiger partial charge in [-0.25, -0.2) is 9.59 Å². The largest absolute Gasteiger partial charge is 0.478 e. The molecule has 0 aliphatic carbocycles. The van der Waals surface area contributed by atoms with Gasteiger partial charge in [-0.1, -0.05) is 11.6 Å². The van der Waals surface area contributed by atoms with E-state index in [0.29, 0.717) is 6.54 Å². The molecule has 1 rings (SSSR count). The smallest absolute Gasteiger partial charge is 0.335 e. The molecule has 8 heteroatoms. The fourth-order valence-corrected chi connectivity index (χ4v) is 1.51. The first-order chi connectivity index (χ1) is 9.43. The summed E-state index contributed by atoms with van der Waals surface area (Å²) < 4.78 is 0. The highest BCUT2D eigenvalue weighted by molar-refractivity contribution is 6.33. The first-order valence-electron chi connectivity index (χ1n) is 5.78. The van der Waals surface area contributed by atoms with Gasteiger partial charge in [0.05, 0.1) is 22.8 Å². The highest BCUT2D eigenvalue weighted by Gasteiger charge is 2.10. The molecule has 0 aromatic heterocycles. The second kappa shape index (κ2) is 7.34. The third kappa shape index (κ3) is 4.77. The van der Waals surface area contributed by atoms with Crippen LogP contribution in [-0.4, -0.2) is 36.1 Å². The van der Waals surface area contributed by atoms with Crippen molar-refractivity contribution in [2.45, 2.75) is 6.92 Å². The zero-order chi connectivity index (χ0) is 15.1. The Morgan fingerprint density at radius 3 is 2.55 bits per heavy atom. The van der Waals surface area contributed by atoms with E-state index < -0.39 is 12.0 Å². The van der Waals surface area contributed by atoms with Gasteiger partial charge in [0.2, 0.25) is 5.91 Å². The molecule has 1 aromatic carbocycles. The minimum absolute atomic E-state index is 0.00609. The van der Waals surface area contributed by atoms with Crippen molar-refractivity contribution in [1.29, 1.82) is 0 Å². The lowest BCUT2D eigenvalue weighted by Gasteiger charge is -2.09. The highest BCUT2D eigenvalue weighted by atomic mass is 35.5. The molecule has 0 aliphatic heterocycles. The number of nitrogens with one attached hydrogen (secondary N) is 3. The van der Waals surface area contributed by atoms with Crippen LogP contribution in [-0.2, 0) is 4.79 Å². The molecule has 0 heterocycles. The minimum atomic E-state index is -1.13. The SMILES string of the molecule is CCNC(=O)CNC(=O)Nc1cc(C(=O)O)ccc1Cl. The van der Waals surface area contributed by atoms with Crippen molar-refractivity contribution in [1.82, 2.24) is 10.6 Å². The van der Waals surface area contributed by atoms with E-state index in [0.717, 1.165) is 0 Å². The Kier molecular flexibility index (Phi) is 5.79. The average molecular weight is 300 g/mol. The van der Waals surface area contributed by atoms with Crippen LogP contribution in [0.15, 0.2) is 18.2 Å². The molecule has 3 amide bonds.